The highest BCUT2D eigenvalue weighted by Crippen LogP contribution is 2.55. The first-order valence-corrected chi connectivity index (χ1v) is 7.27. The molecule has 5 atom stereocenters. The number of aliphatic hydroxyl groups is 1. The predicted octanol–water partition coefficient (Wildman–Crippen LogP) is 2.73. The maximum Gasteiger partial charge on any atom is 0.0949 e. The van der Waals surface area contributed by atoms with Crippen LogP contribution in [-0.4, -0.2) is 11.1 Å². The second kappa shape index (κ2) is 3.58. The van der Waals surface area contributed by atoms with Crippen molar-refractivity contribution in [3.63, 3.8) is 0 Å². The number of benzene rings is 1. The molecule has 96 valence electrons. The highest BCUT2D eigenvalue weighted by atomic mass is 16.3. The molecule has 18 heavy (non-hydrogen) atoms. The van der Waals surface area contributed by atoms with Gasteiger partial charge in [0, 0.05) is 11.6 Å². The van der Waals surface area contributed by atoms with Gasteiger partial charge >= 0.3 is 0 Å². The van der Waals surface area contributed by atoms with Crippen molar-refractivity contribution >= 4 is 0 Å². The molecule has 2 aliphatic heterocycles. The Kier molecular flexibility index (Phi) is 2.19. The van der Waals surface area contributed by atoms with E-state index in [0.29, 0.717) is 11.8 Å². The van der Waals surface area contributed by atoms with Gasteiger partial charge in [0.25, 0.3) is 0 Å². The molecule has 1 saturated heterocycles. The van der Waals surface area contributed by atoms with E-state index >= 15 is 0 Å². The Morgan fingerprint density at radius 2 is 2.00 bits per heavy atom. The van der Waals surface area contributed by atoms with Gasteiger partial charge in [-0.25, -0.2) is 0 Å². The van der Waals surface area contributed by atoms with E-state index in [2.05, 4.69) is 36.5 Å². The van der Waals surface area contributed by atoms with Crippen LogP contribution in [0.3, 0.4) is 0 Å². The Morgan fingerprint density at radius 3 is 2.89 bits per heavy atom. The Bertz CT molecular complexity index is 486. The third kappa shape index (κ3) is 1.20. The summed E-state index contributed by atoms with van der Waals surface area (Å²) >= 11 is 0. The van der Waals surface area contributed by atoms with Crippen LogP contribution in [0.15, 0.2) is 24.3 Å². The molecule has 3 aliphatic rings. The van der Waals surface area contributed by atoms with Crippen molar-refractivity contribution in [3.8, 4) is 0 Å². The molecule has 2 bridgehead atoms. The molecule has 2 fully saturated rings. The number of fused-ring (bicyclic) bond motifs is 7. The van der Waals surface area contributed by atoms with Gasteiger partial charge in [0.1, 0.15) is 0 Å². The summed E-state index contributed by atoms with van der Waals surface area (Å²) in [6, 6.07) is 8.76. The van der Waals surface area contributed by atoms with Crippen molar-refractivity contribution in [2.75, 3.05) is 0 Å². The van der Waals surface area contributed by atoms with Gasteiger partial charge in [-0.2, -0.15) is 0 Å². The second-order valence-corrected chi connectivity index (χ2v) is 6.46. The van der Waals surface area contributed by atoms with Crippen LogP contribution in [0.25, 0.3) is 0 Å². The molecule has 2 heteroatoms. The van der Waals surface area contributed by atoms with Crippen LogP contribution in [0, 0.1) is 11.8 Å². The highest BCUT2D eigenvalue weighted by Gasteiger charge is 2.57. The Labute approximate surface area is 108 Å². The van der Waals surface area contributed by atoms with Gasteiger partial charge in [-0.15, -0.1) is 0 Å². The Morgan fingerprint density at radius 1 is 1.22 bits per heavy atom. The topological polar surface area (TPSA) is 32.3 Å². The van der Waals surface area contributed by atoms with Crippen molar-refractivity contribution in [1.82, 2.24) is 5.32 Å². The molecule has 0 spiro atoms. The average molecular weight is 243 g/mol. The predicted molar refractivity (Wildman–Crippen MR) is 71.1 cm³/mol. The van der Waals surface area contributed by atoms with E-state index in [1.807, 2.05) is 0 Å². The molecule has 2 heterocycles. The average Bonchev–Trinajstić information content (AvgIpc) is 2.70. The summed E-state index contributed by atoms with van der Waals surface area (Å²) in [5, 5.41) is 14.4. The fourth-order valence-corrected chi connectivity index (χ4v) is 4.88. The van der Waals surface area contributed by atoms with Crippen LogP contribution in [0.1, 0.15) is 49.8 Å². The fraction of sp³-hybridized carbons (Fsp3) is 0.625. The van der Waals surface area contributed by atoms with E-state index in [1.54, 1.807) is 0 Å². The normalized spacial score (nSPS) is 45.4. The zero-order valence-electron chi connectivity index (χ0n) is 10.9. The Balaban J connectivity index is 1.90. The van der Waals surface area contributed by atoms with Crippen LogP contribution in [0.5, 0.6) is 0 Å². The summed E-state index contributed by atoms with van der Waals surface area (Å²) in [4.78, 5) is 0. The number of aliphatic hydroxyl groups excluding tert-OH is 1. The van der Waals surface area contributed by atoms with Crippen molar-refractivity contribution < 1.29 is 5.11 Å². The molecule has 4 unspecified atom stereocenters. The standard InChI is InChI=1S/C16H21NO/c1-16-12-8-4-2-6-10(12)14(17-16)15(18)11-7-3-5-9-13(11)16/h3,5,7,9-10,12,14-15,17-18H,2,4,6,8H2,1H3/t10?,12?,14?,15-,16?/m1/s1. The van der Waals surface area contributed by atoms with E-state index in [0.717, 1.165) is 5.56 Å². The maximum absolute atomic E-state index is 10.6. The number of hydrogen-bond donors (Lipinski definition) is 2. The summed E-state index contributed by atoms with van der Waals surface area (Å²) in [6.45, 7) is 2.35. The number of hydrogen-bond acceptors (Lipinski definition) is 2. The summed E-state index contributed by atoms with van der Waals surface area (Å²) in [5.41, 5.74) is 2.59. The molecule has 1 saturated carbocycles. The van der Waals surface area contributed by atoms with Crippen molar-refractivity contribution in [2.45, 2.75) is 50.3 Å². The minimum Gasteiger partial charge on any atom is -0.387 e. The number of nitrogens with one attached hydrogen (secondary N) is 1. The molecule has 0 radical (unpaired) electrons. The third-order valence-electron chi connectivity index (χ3n) is 5.67. The van der Waals surface area contributed by atoms with Gasteiger partial charge in [0.05, 0.1) is 6.10 Å². The minimum absolute atomic E-state index is 0.0889. The summed E-state index contributed by atoms with van der Waals surface area (Å²) in [6.07, 6.45) is 4.96. The van der Waals surface area contributed by atoms with Crippen molar-refractivity contribution in [1.29, 1.82) is 0 Å². The van der Waals surface area contributed by atoms with E-state index in [-0.39, 0.29) is 17.7 Å². The second-order valence-electron chi connectivity index (χ2n) is 6.46. The van der Waals surface area contributed by atoms with Gasteiger partial charge in [0.2, 0.25) is 0 Å². The largest absolute Gasteiger partial charge is 0.387 e. The lowest BCUT2D eigenvalue weighted by Crippen LogP contribution is -2.48. The van der Waals surface area contributed by atoms with E-state index in [1.165, 1.54) is 31.2 Å². The van der Waals surface area contributed by atoms with Gasteiger partial charge < -0.3 is 10.4 Å². The molecular weight excluding hydrogens is 222 g/mol. The minimum atomic E-state index is -0.317. The first-order chi connectivity index (χ1) is 8.72. The Hall–Kier alpha value is -0.860. The molecular formula is C16H21NO. The lowest BCUT2D eigenvalue weighted by Gasteiger charge is -2.39. The molecule has 0 amide bonds. The van der Waals surface area contributed by atoms with Crippen LogP contribution >= 0.6 is 0 Å². The molecule has 1 aromatic rings. The molecule has 2 N–H and O–H groups in total. The fourth-order valence-electron chi connectivity index (χ4n) is 4.88. The SMILES string of the molecule is CC12NC(C3CCCCC31)[C@H](O)c1ccccc12. The summed E-state index contributed by atoms with van der Waals surface area (Å²) < 4.78 is 0. The van der Waals surface area contributed by atoms with Crippen LogP contribution in [0.4, 0.5) is 0 Å². The molecule has 2 nitrogen and oxygen atoms in total. The summed E-state index contributed by atoms with van der Waals surface area (Å²) in [7, 11) is 0. The third-order valence-corrected chi connectivity index (χ3v) is 5.67. The monoisotopic (exact) mass is 243 g/mol. The van der Waals surface area contributed by atoms with Gasteiger partial charge in [0.15, 0.2) is 0 Å². The van der Waals surface area contributed by atoms with E-state index in [9.17, 15) is 5.11 Å². The summed E-state index contributed by atoms with van der Waals surface area (Å²) in [5.74, 6) is 1.36. The van der Waals surface area contributed by atoms with E-state index in [4.69, 9.17) is 0 Å². The van der Waals surface area contributed by atoms with Gasteiger partial charge in [-0.1, -0.05) is 37.1 Å². The number of rotatable bonds is 0. The molecule has 4 rings (SSSR count). The molecule has 1 aliphatic carbocycles. The zero-order valence-corrected chi connectivity index (χ0v) is 10.9. The lowest BCUT2D eigenvalue weighted by molar-refractivity contribution is 0.0966. The first kappa shape index (κ1) is 11.0. The lowest BCUT2D eigenvalue weighted by atomic mass is 9.70. The highest BCUT2D eigenvalue weighted by molar-refractivity contribution is 5.42. The molecule has 0 aromatic heterocycles. The van der Waals surface area contributed by atoms with Crippen molar-refractivity contribution in [2.24, 2.45) is 11.8 Å². The van der Waals surface area contributed by atoms with E-state index < -0.39 is 0 Å². The maximum atomic E-state index is 10.6. The zero-order chi connectivity index (χ0) is 12.3. The van der Waals surface area contributed by atoms with Gasteiger partial charge in [-0.05, 0) is 42.7 Å². The quantitative estimate of drug-likeness (QED) is 0.734. The smallest absolute Gasteiger partial charge is 0.0949 e. The van der Waals surface area contributed by atoms with Crippen LogP contribution in [0.2, 0.25) is 0 Å². The first-order valence-electron chi connectivity index (χ1n) is 7.27. The van der Waals surface area contributed by atoms with Gasteiger partial charge in [-0.3, -0.25) is 0 Å². The van der Waals surface area contributed by atoms with Crippen LogP contribution < -0.4 is 5.32 Å². The van der Waals surface area contributed by atoms with Crippen molar-refractivity contribution in [3.05, 3.63) is 35.4 Å². The molecule has 1 aromatic carbocycles. The van der Waals surface area contributed by atoms with Crippen LogP contribution in [-0.2, 0) is 5.54 Å².